The van der Waals surface area contributed by atoms with Crippen LogP contribution in [0.25, 0.3) is 0 Å². The van der Waals surface area contributed by atoms with Crippen LogP contribution in [0.5, 0.6) is 5.75 Å². The molecule has 1 unspecified atom stereocenters. The van der Waals surface area contributed by atoms with Crippen LogP contribution < -0.4 is 10.1 Å². The third kappa shape index (κ3) is 3.41. The van der Waals surface area contributed by atoms with E-state index >= 15 is 0 Å². The molecule has 1 heterocycles. The second-order valence-electron chi connectivity index (χ2n) is 4.16. The average molecular weight is 389 g/mol. The lowest BCUT2D eigenvalue weighted by Gasteiger charge is -2.16. The molecule has 2 aromatic rings. The van der Waals surface area contributed by atoms with E-state index in [0.717, 1.165) is 26.9 Å². The molecule has 0 fully saturated rings. The minimum absolute atomic E-state index is 0.202. The molecule has 0 aliphatic carbocycles. The molecule has 2 rings (SSSR count). The number of benzene rings is 1. The van der Waals surface area contributed by atoms with Gasteiger partial charge >= 0.3 is 0 Å². The van der Waals surface area contributed by atoms with Crippen LogP contribution in [0, 0.1) is 0 Å². The molecular weight excluding hydrogens is 374 g/mol. The van der Waals surface area contributed by atoms with E-state index < -0.39 is 0 Å². The van der Waals surface area contributed by atoms with Gasteiger partial charge in [-0.05, 0) is 69.1 Å². The Morgan fingerprint density at radius 1 is 1.32 bits per heavy atom. The van der Waals surface area contributed by atoms with Crippen LogP contribution in [-0.4, -0.2) is 14.2 Å². The summed E-state index contributed by atoms with van der Waals surface area (Å²) in [6.07, 6.45) is 2.56. The maximum absolute atomic E-state index is 5.29. The van der Waals surface area contributed by atoms with E-state index in [2.05, 4.69) is 49.3 Å². The molecule has 1 atom stereocenters. The van der Waals surface area contributed by atoms with Crippen molar-refractivity contribution in [3.63, 3.8) is 0 Å². The monoisotopic (exact) mass is 387 g/mol. The summed E-state index contributed by atoms with van der Waals surface area (Å²) >= 11 is 6.93. The van der Waals surface area contributed by atoms with E-state index in [1.54, 1.807) is 13.4 Å². The van der Waals surface area contributed by atoms with Crippen molar-refractivity contribution < 1.29 is 9.15 Å². The molecule has 0 spiro atoms. The van der Waals surface area contributed by atoms with E-state index in [1.165, 1.54) is 5.56 Å². The third-order valence-corrected chi connectivity index (χ3v) is 4.29. The van der Waals surface area contributed by atoms with Crippen molar-refractivity contribution in [3.05, 3.63) is 50.8 Å². The van der Waals surface area contributed by atoms with Gasteiger partial charge in [0.2, 0.25) is 0 Å². The minimum Gasteiger partial charge on any atom is -0.496 e. The zero-order valence-electron chi connectivity index (χ0n) is 10.7. The van der Waals surface area contributed by atoms with Gasteiger partial charge < -0.3 is 14.5 Å². The van der Waals surface area contributed by atoms with Gasteiger partial charge in [-0.1, -0.05) is 6.07 Å². The van der Waals surface area contributed by atoms with Crippen molar-refractivity contribution in [1.82, 2.24) is 5.32 Å². The lowest BCUT2D eigenvalue weighted by Crippen LogP contribution is -2.18. The maximum atomic E-state index is 5.29. The number of methoxy groups -OCH3 is 1. The van der Waals surface area contributed by atoms with E-state index in [1.807, 2.05) is 19.2 Å². The average Bonchev–Trinajstić information content (AvgIpc) is 2.82. The SMILES string of the molecule is CNC(Cc1ccc(OC)c(Br)c1)c1ccoc1Br. The van der Waals surface area contributed by atoms with Gasteiger partial charge in [0.05, 0.1) is 17.8 Å². The Hall–Kier alpha value is -0.780. The van der Waals surface area contributed by atoms with Crippen molar-refractivity contribution in [2.45, 2.75) is 12.5 Å². The molecule has 0 amide bonds. The molecule has 3 nitrogen and oxygen atoms in total. The number of hydrogen-bond donors (Lipinski definition) is 1. The van der Waals surface area contributed by atoms with Crippen LogP contribution in [0.2, 0.25) is 0 Å². The van der Waals surface area contributed by atoms with Crippen LogP contribution in [0.3, 0.4) is 0 Å². The molecule has 0 radical (unpaired) electrons. The number of furan rings is 1. The van der Waals surface area contributed by atoms with E-state index in [9.17, 15) is 0 Å². The van der Waals surface area contributed by atoms with Gasteiger partial charge in [0.1, 0.15) is 5.75 Å². The quantitative estimate of drug-likeness (QED) is 0.828. The number of likely N-dealkylation sites (N-methyl/N-ethyl adjacent to an activating group) is 1. The molecule has 1 aromatic heterocycles. The normalized spacial score (nSPS) is 12.4. The molecule has 0 aliphatic rings. The number of hydrogen-bond acceptors (Lipinski definition) is 3. The fourth-order valence-electron chi connectivity index (χ4n) is 1.99. The molecule has 1 aromatic carbocycles. The van der Waals surface area contributed by atoms with Crippen molar-refractivity contribution in [1.29, 1.82) is 0 Å². The van der Waals surface area contributed by atoms with Crippen molar-refractivity contribution >= 4 is 31.9 Å². The van der Waals surface area contributed by atoms with E-state index in [4.69, 9.17) is 9.15 Å². The number of ether oxygens (including phenoxy) is 1. The highest BCUT2D eigenvalue weighted by molar-refractivity contribution is 9.10. The predicted molar refractivity (Wildman–Crippen MR) is 82.6 cm³/mol. The summed E-state index contributed by atoms with van der Waals surface area (Å²) in [4.78, 5) is 0. The van der Waals surface area contributed by atoms with Crippen LogP contribution in [0.1, 0.15) is 17.2 Å². The van der Waals surface area contributed by atoms with Gasteiger partial charge in [0.25, 0.3) is 0 Å². The lowest BCUT2D eigenvalue weighted by molar-refractivity contribution is 0.412. The third-order valence-electron chi connectivity index (χ3n) is 3.03. The minimum atomic E-state index is 0.202. The van der Waals surface area contributed by atoms with E-state index in [-0.39, 0.29) is 6.04 Å². The second kappa shape index (κ2) is 6.59. The zero-order chi connectivity index (χ0) is 13.8. The Labute approximate surface area is 129 Å². The summed E-state index contributed by atoms with van der Waals surface area (Å²) in [6, 6.07) is 8.30. The molecule has 0 saturated heterocycles. The van der Waals surface area contributed by atoms with Crippen LogP contribution in [0.15, 0.2) is 44.1 Å². The van der Waals surface area contributed by atoms with Crippen LogP contribution in [-0.2, 0) is 6.42 Å². The summed E-state index contributed by atoms with van der Waals surface area (Å²) in [6.45, 7) is 0. The Morgan fingerprint density at radius 2 is 2.11 bits per heavy atom. The standard InChI is InChI=1S/C14H15Br2NO2/c1-17-12(10-5-6-19-14(10)16)8-9-3-4-13(18-2)11(15)7-9/h3-7,12,17H,8H2,1-2H3. The first-order valence-corrected chi connectivity index (χ1v) is 7.47. The predicted octanol–water partition coefficient (Wildman–Crippen LogP) is 4.32. The lowest BCUT2D eigenvalue weighted by atomic mass is 10.0. The van der Waals surface area contributed by atoms with Gasteiger partial charge in [-0.15, -0.1) is 0 Å². The zero-order valence-corrected chi connectivity index (χ0v) is 13.9. The summed E-state index contributed by atoms with van der Waals surface area (Å²) in [5, 5.41) is 3.31. The largest absolute Gasteiger partial charge is 0.496 e. The van der Waals surface area contributed by atoms with Gasteiger partial charge in [-0.3, -0.25) is 0 Å². The first-order valence-electron chi connectivity index (χ1n) is 5.88. The van der Waals surface area contributed by atoms with Crippen molar-refractivity contribution in [2.24, 2.45) is 0 Å². The van der Waals surface area contributed by atoms with Gasteiger partial charge in [0, 0.05) is 11.6 Å². The smallest absolute Gasteiger partial charge is 0.173 e. The Morgan fingerprint density at radius 3 is 2.63 bits per heavy atom. The molecule has 102 valence electrons. The van der Waals surface area contributed by atoms with Crippen LogP contribution >= 0.6 is 31.9 Å². The fraction of sp³-hybridized carbons (Fsp3) is 0.286. The first kappa shape index (κ1) is 14.6. The summed E-state index contributed by atoms with van der Waals surface area (Å²) in [7, 11) is 3.61. The second-order valence-corrected chi connectivity index (χ2v) is 5.74. The maximum Gasteiger partial charge on any atom is 0.173 e. The number of rotatable bonds is 5. The summed E-state index contributed by atoms with van der Waals surface area (Å²) < 4.78 is 12.3. The van der Waals surface area contributed by atoms with Crippen LogP contribution in [0.4, 0.5) is 0 Å². The highest BCUT2D eigenvalue weighted by Crippen LogP contribution is 2.30. The fourth-order valence-corrected chi connectivity index (χ4v) is 3.10. The highest BCUT2D eigenvalue weighted by Gasteiger charge is 2.16. The van der Waals surface area contributed by atoms with Crippen molar-refractivity contribution in [3.8, 4) is 5.75 Å². The number of halogens is 2. The van der Waals surface area contributed by atoms with Gasteiger partial charge in [-0.25, -0.2) is 0 Å². The van der Waals surface area contributed by atoms with Crippen molar-refractivity contribution in [2.75, 3.05) is 14.2 Å². The Balaban J connectivity index is 2.19. The molecule has 5 heteroatoms. The molecular formula is C14H15Br2NO2. The Bertz CT molecular complexity index is 554. The molecule has 0 bridgehead atoms. The molecule has 19 heavy (non-hydrogen) atoms. The Kier molecular flexibility index (Phi) is 5.07. The summed E-state index contributed by atoms with van der Waals surface area (Å²) in [5.74, 6) is 0.842. The molecule has 0 saturated carbocycles. The van der Waals surface area contributed by atoms with Gasteiger partial charge in [-0.2, -0.15) is 0 Å². The topological polar surface area (TPSA) is 34.4 Å². The highest BCUT2D eigenvalue weighted by atomic mass is 79.9. The van der Waals surface area contributed by atoms with Gasteiger partial charge in [0.15, 0.2) is 4.67 Å². The number of nitrogens with one attached hydrogen (secondary N) is 1. The molecule has 0 aliphatic heterocycles. The molecule has 1 N–H and O–H groups in total. The first-order chi connectivity index (χ1) is 9.15. The van der Waals surface area contributed by atoms with E-state index in [0.29, 0.717) is 0 Å². The summed E-state index contributed by atoms with van der Waals surface area (Å²) in [5.41, 5.74) is 2.34.